The van der Waals surface area contributed by atoms with Gasteiger partial charge in [-0.2, -0.15) is 0 Å². The Hall–Kier alpha value is -3.58. The fourth-order valence-electron chi connectivity index (χ4n) is 7.89. The predicted molar refractivity (Wildman–Crippen MR) is 182 cm³/mol. The number of morpholine rings is 1. The lowest BCUT2D eigenvalue weighted by Crippen LogP contribution is -2.57. The normalized spacial score (nSPS) is 26.6. The number of amides is 3. The van der Waals surface area contributed by atoms with Crippen molar-refractivity contribution in [3.8, 4) is 0 Å². The number of allylic oxidation sites excluding steroid dienone is 1. The number of nitrogens with zero attached hydrogens (tertiary/aromatic N) is 3. The molecule has 2 bridgehead atoms. The molecule has 268 valence electrons. The van der Waals surface area contributed by atoms with E-state index in [0.29, 0.717) is 77.9 Å². The number of carbonyl (C=O) groups is 4. The van der Waals surface area contributed by atoms with Crippen molar-refractivity contribution in [2.45, 2.75) is 68.7 Å². The van der Waals surface area contributed by atoms with Gasteiger partial charge in [0.1, 0.15) is 18.2 Å². The lowest BCUT2D eigenvalue weighted by atomic mass is 9.70. The number of ether oxygens (including phenoxy) is 3. The standard InChI is InChI=1S/C37H52N4O8/c1-3-5-14-30(43)48-26-28(27-12-8-6-9-13-27)38-34(44)31-29-15-16-37(49-29)32(31)35(45)41(18-10-7-11-23-42)33(37)36(46)40(17-4-2)20-19-39-21-24-47-25-22-39/h3-4,6,8-9,12-13,28-29,31-33,42H,1-2,5,7,10-11,14-26H2,(H,38,44)/t28-,29+,31-,32-,33+,37-/m0/s1. The quantitative estimate of drug-likeness (QED) is 0.128. The van der Waals surface area contributed by atoms with Crippen LogP contribution in [0.4, 0.5) is 0 Å². The van der Waals surface area contributed by atoms with Gasteiger partial charge < -0.3 is 34.4 Å². The van der Waals surface area contributed by atoms with E-state index in [4.69, 9.17) is 14.2 Å². The Kier molecular flexibility index (Phi) is 13.0. The smallest absolute Gasteiger partial charge is 0.306 e. The summed E-state index contributed by atoms with van der Waals surface area (Å²) in [5.74, 6) is -2.81. The van der Waals surface area contributed by atoms with Crippen LogP contribution in [0.5, 0.6) is 0 Å². The average Bonchev–Trinajstić information content (AvgIpc) is 3.77. The molecule has 0 aliphatic carbocycles. The molecule has 1 aromatic rings. The summed E-state index contributed by atoms with van der Waals surface area (Å²) in [6, 6.07) is 7.77. The molecule has 6 atom stereocenters. The molecular formula is C37H52N4O8. The molecule has 3 amide bonds. The van der Waals surface area contributed by atoms with Crippen molar-refractivity contribution in [2.75, 3.05) is 65.7 Å². The van der Waals surface area contributed by atoms with Crippen LogP contribution in [0.2, 0.25) is 0 Å². The number of aliphatic hydroxyl groups excluding tert-OH is 1. The maximum Gasteiger partial charge on any atom is 0.306 e. The first-order chi connectivity index (χ1) is 23.8. The zero-order chi connectivity index (χ0) is 34.8. The van der Waals surface area contributed by atoms with Crippen LogP contribution in [0, 0.1) is 11.8 Å². The third kappa shape index (κ3) is 8.25. The van der Waals surface area contributed by atoms with Crippen molar-refractivity contribution in [3.05, 3.63) is 61.2 Å². The van der Waals surface area contributed by atoms with Crippen LogP contribution < -0.4 is 5.32 Å². The first-order valence-electron chi connectivity index (χ1n) is 17.8. The molecule has 0 saturated carbocycles. The molecule has 0 aromatic heterocycles. The van der Waals surface area contributed by atoms with Crippen molar-refractivity contribution in [2.24, 2.45) is 11.8 Å². The summed E-state index contributed by atoms with van der Waals surface area (Å²) in [6.45, 7) is 12.2. The van der Waals surface area contributed by atoms with Gasteiger partial charge in [-0.05, 0) is 44.1 Å². The summed E-state index contributed by atoms with van der Waals surface area (Å²) >= 11 is 0. The van der Waals surface area contributed by atoms with Crippen LogP contribution in [-0.2, 0) is 33.4 Å². The number of hydrogen-bond donors (Lipinski definition) is 2. The maximum absolute atomic E-state index is 14.6. The zero-order valence-electron chi connectivity index (χ0n) is 28.5. The van der Waals surface area contributed by atoms with Crippen molar-refractivity contribution in [3.63, 3.8) is 0 Å². The third-order valence-electron chi connectivity index (χ3n) is 10.3. The maximum atomic E-state index is 14.6. The Balaban J connectivity index is 1.38. The molecule has 2 N–H and O–H groups in total. The van der Waals surface area contributed by atoms with E-state index in [1.807, 2.05) is 30.3 Å². The van der Waals surface area contributed by atoms with Crippen molar-refractivity contribution >= 4 is 23.7 Å². The molecular weight excluding hydrogens is 628 g/mol. The van der Waals surface area contributed by atoms with Crippen LogP contribution in [0.15, 0.2) is 55.6 Å². The molecule has 12 nitrogen and oxygen atoms in total. The highest BCUT2D eigenvalue weighted by molar-refractivity contribution is 5.99. The first-order valence-corrected chi connectivity index (χ1v) is 17.8. The second-order valence-corrected chi connectivity index (χ2v) is 13.4. The Labute approximate surface area is 289 Å². The molecule has 5 rings (SSSR count). The van der Waals surface area contributed by atoms with Crippen molar-refractivity contribution in [1.29, 1.82) is 0 Å². The molecule has 1 aromatic carbocycles. The number of nitrogens with one attached hydrogen (secondary N) is 1. The van der Waals surface area contributed by atoms with E-state index < -0.39 is 35.6 Å². The van der Waals surface area contributed by atoms with E-state index >= 15 is 0 Å². The van der Waals surface area contributed by atoms with Gasteiger partial charge in [0.15, 0.2) is 0 Å². The number of carbonyl (C=O) groups excluding carboxylic acids is 4. The minimum Gasteiger partial charge on any atom is -0.463 e. The summed E-state index contributed by atoms with van der Waals surface area (Å²) in [5, 5.41) is 12.4. The monoisotopic (exact) mass is 680 g/mol. The zero-order valence-corrected chi connectivity index (χ0v) is 28.5. The molecule has 4 aliphatic rings. The van der Waals surface area contributed by atoms with Gasteiger partial charge in [-0.3, -0.25) is 24.1 Å². The summed E-state index contributed by atoms with van der Waals surface area (Å²) in [5.41, 5.74) is -0.363. The Morgan fingerprint density at radius 1 is 1.10 bits per heavy atom. The van der Waals surface area contributed by atoms with Gasteiger partial charge in [-0.1, -0.05) is 42.5 Å². The van der Waals surface area contributed by atoms with Gasteiger partial charge in [0.05, 0.1) is 37.2 Å². The van der Waals surface area contributed by atoms with E-state index in [2.05, 4.69) is 23.4 Å². The highest BCUT2D eigenvalue weighted by Crippen LogP contribution is 2.58. The summed E-state index contributed by atoms with van der Waals surface area (Å²) < 4.78 is 17.7. The molecule has 4 saturated heterocycles. The summed E-state index contributed by atoms with van der Waals surface area (Å²) in [6.07, 6.45) is 6.46. The molecule has 0 unspecified atom stereocenters. The van der Waals surface area contributed by atoms with Crippen LogP contribution in [0.25, 0.3) is 0 Å². The van der Waals surface area contributed by atoms with Gasteiger partial charge in [-0.15, -0.1) is 13.2 Å². The summed E-state index contributed by atoms with van der Waals surface area (Å²) in [7, 11) is 0. The number of fused-ring (bicyclic) bond motifs is 1. The van der Waals surface area contributed by atoms with Crippen LogP contribution >= 0.6 is 0 Å². The Morgan fingerprint density at radius 2 is 1.88 bits per heavy atom. The third-order valence-corrected chi connectivity index (χ3v) is 10.3. The largest absolute Gasteiger partial charge is 0.463 e. The van der Waals surface area contributed by atoms with E-state index in [1.165, 1.54) is 0 Å². The lowest BCUT2D eigenvalue weighted by molar-refractivity contribution is -0.148. The second-order valence-electron chi connectivity index (χ2n) is 13.4. The SMILES string of the molecule is C=CCCC(=O)OC[C@H](NC(=O)[C@@H]1[C@H]2C(=O)N(CCCCCO)[C@H](C(=O)N(CC=C)CCN3CCOCC3)[C@]23CC[C@H]1O3)c1ccccc1. The number of likely N-dealkylation sites (tertiary alicyclic amines) is 1. The minimum absolute atomic E-state index is 0.0523. The molecule has 12 heteroatoms. The van der Waals surface area contributed by atoms with Gasteiger partial charge in [0.25, 0.3) is 0 Å². The van der Waals surface area contributed by atoms with Crippen LogP contribution in [0.3, 0.4) is 0 Å². The number of unbranched alkanes of at least 4 members (excludes halogenated alkanes) is 2. The molecule has 4 aliphatic heterocycles. The van der Waals surface area contributed by atoms with Crippen molar-refractivity contribution in [1.82, 2.24) is 20.0 Å². The second kappa shape index (κ2) is 17.4. The fourth-order valence-corrected chi connectivity index (χ4v) is 7.89. The van der Waals surface area contributed by atoms with Gasteiger partial charge >= 0.3 is 5.97 Å². The highest BCUT2D eigenvalue weighted by Gasteiger charge is 2.74. The van der Waals surface area contributed by atoms with Gasteiger partial charge in [0, 0.05) is 52.3 Å². The number of hydrogen-bond acceptors (Lipinski definition) is 9. The van der Waals surface area contributed by atoms with Crippen LogP contribution in [-0.4, -0.2) is 127 Å². The van der Waals surface area contributed by atoms with Gasteiger partial charge in [-0.25, -0.2) is 0 Å². The number of aliphatic hydroxyl groups is 1. The molecule has 49 heavy (non-hydrogen) atoms. The minimum atomic E-state index is -1.13. The Bertz CT molecular complexity index is 1320. The average molecular weight is 681 g/mol. The predicted octanol–water partition coefficient (Wildman–Crippen LogP) is 2.24. The van der Waals surface area contributed by atoms with E-state index in [1.54, 1.807) is 22.0 Å². The highest BCUT2D eigenvalue weighted by atomic mass is 16.5. The topological polar surface area (TPSA) is 138 Å². The first kappa shape index (κ1) is 36.7. The fraction of sp³-hybridized carbons (Fsp3) is 0.622. The number of rotatable bonds is 19. The molecule has 0 radical (unpaired) electrons. The van der Waals surface area contributed by atoms with Crippen molar-refractivity contribution < 1.29 is 38.5 Å². The summed E-state index contributed by atoms with van der Waals surface area (Å²) in [4.78, 5) is 61.3. The number of esters is 1. The van der Waals surface area contributed by atoms with E-state index in [-0.39, 0.29) is 43.3 Å². The van der Waals surface area contributed by atoms with Gasteiger partial charge in [0.2, 0.25) is 17.7 Å². The van der Waals surface area contributed by atoms with E-state index in [9.17, 15) is 24.3 Å². The lowest BCUT2D eigenvalue weighted by Gasteiger charge is -2.37. The Morgan fingerprint density at radius 3 is 2.59 bits per heavy atom. The van der Waals surface area contributed by atoms with Crippen LogP contribution in [0.1, 0.15) is 56.6 Å². The molecule has 4 fully saturated rings. The van der Waals surface area contributed by atoms with E-state index in [0.717, 1.165) is 18.7 Å². The number of benzene rings is 1. The molecule has 1 spiro atoms. The molecule has 4 heterocycles.